The molecule has 2 heteroatoms. The molecule has 1 atom stereocenters. The third kappa shape index (κ3) is 2.21. The van der Waals surface area contributed by atoms with Gasteiger partial charge in [-0.05, 0) is 31.0 Å². The minimum atomic E-state index is 0. The highest BCUT2D eigenvalue weighted by atomic mass is 16.5. The monoisotopic (exact) mass is 219 g/mol. The molecule has 16 heavy (non-hydrogen) atoms. The number of hydrogen-bond acceptors (Lipinski definition) is 1. The first-order chi connectivity index (χ1) is 7.85. The molecule has 1 aromatic heterocycles. The first-order valence-corrected chi connectivity index (χ1v) is 6.08. The van der Waals surface area contributed by atoms with Crippen LogP contribution in [-0.4, -0.2) is 11.1 Å². The number of nitrogens with one attached hydrogen (secondary N) is 1. The molecule has 1 unspecified atom stereocenters. The van der Waals surface area contributed by atoms with Crippen LogP contribution in [0.15, 0.2) is 30.5 Å². The third-order valence-corrected chi connectivity index (χ3v) is 2.91. The number of benzene rings is 1. The molecule has 2 aromatic rings. The highest BCUT2D eigenvalue weighted by molar-refractivity contribution is 5.85. The molecule has 0 saturated heterocycles. The van der Waals surface area contributed by atoms with Gasteiger partial charge in [-0.3, -0.25) is 0 Å². The molecule has 0 radical (unpaired) electrons. The van der Waals surface area contributed by atoms with E-state index in [1.165, 1.54) is 11.8 Å². The van der Waals surface area contributed by atoms with Gasteiger partial charge in [0.2, 0.25) is 0 Å². The van der Waals surface area contributed by atoms with E-state index in [0.717, 1.165) is 24.1 Å². The van der Waals surface area contributed by atoms with Crippen LogP contribution in [0.5, 0.6) is 5.75 Å². The molecule has 0 aliphatic carbocycles. The number of aromatic nitrogens is 1. The second-order valence-electron chi connectivity index (χ2n) is 4.13. The van der Waals surface area contributed by atoms with Crippen molar-refractivity contribution >= 4 is 10.9 Å². The van der Waals surface area contributed by atoms with Crippen molar-refractivity contribution in [3.8, 4) is 5.75 Å². The van der Waals surface area contributed by atoms with Crippen molar-refractivity contribution in [2.45, 2.75) is 39.2 Å². The van der Waals surface area contributed by atoms with E-state index in [9.17, 15) is 0 Å². The summed E-state index contributed by atoms with van der Waals surface area (Å²) in [5, 5.41) is 1.18. The summed E-state index contributed by atoms with van der Waals surface area (Å²) in [5.74, 6) is 0.999. The lowest BCUT2D eigenvalue weighted by molar-refractivity contribution is 0.188. The van der Waals surface area contributed by atoms with Gasteiger partial charge in [0, 0.05) is 18.5 Å². The van der Waals surface area contributed by atoms with Crippen molar-refractivity contribution in [3.05, 3.63) is 30.5 Å². The van der Waals surface area contributed by atoms with Crippen molar-refractivity contribution in [1.82, 2.24) is 4.98 Å². The van der Waals surface area contributed by atoms with Gasteiger partial charge in [0.15, 0.2) is 0 Å². The first kappa shape index (κ1) is 11.1. The fourth-order valence-corrected chi connectivity index (χ4v) is 2.01. The predicted molar refractivity (Wildman–Crippen MR) is 70.0 cm³/mol. The maximum absolute atomic E-state index is 6.06. The molecule has 0 saturated carbocycles. The summed E-state index contributed by atoms with van der Waals surface area (Å²) in [7, 11) is 0. The van der Waals surface area contributed by atoms with Crippen LogP contribution in [0.4, 0.5) is 0 Å². The highest BCUT2D eigenvalue weighted by Crippen LogP contribution is 2.26. The Hall–Kier alpha value is -1.44. The zero-order chi connectivity index (χ0) is 11.4. The van der Waals surface area contributed by atoms with Gasteiger partial charge < -0.3 is 9.72 Å². The summed E-state index contributed by atoms with van der Waals surface area (Å²) in [6.07, 6.45) is 5.65. The van der Waals surface area contributed by atoms with Crippen LogP contribution in [0.1, 0.15) is 34.5 Å². The topological polar surface area (TPSA) is 25.0 Å². The minimum Gasteiger partial charge on any atom is -0.490 e. The van der Waals surface area contributed by atoms with Crippen LogP contribution >= 0.6 is 0 Å². The molecular weight excluding hydrogens is 198 g/mol. The van der Waals surface area contributed by atoms with E-state index in [0.29, 0.717) is 6.10 Å². The Balaban J connectivity index is 0.00000144. The van der Waals surface area contributed by atoms with E-state index in [1.807, 2.05) is 12.3 Å². The predicted octanol–water partition coefficient (Wildman–Crippen LogP) is 4.37. The van der Waals surface area contributed by atoms with Crippen molar-refractivity contribution in [3.63, 3.8) is 0 Å². The maximum atomic E-state index is 6.06. The van der Waals surface area contributed by atoms with E-state index in [-0.39, 0.29) is 1.43 Å². The Labute approximate surface area is 98.1 Å². The molecule has 2 rings (SSSR count). The second kappa shape index (κ2) is 5.06. The molecule has 0 aliphatic rings. The average Bonchev–Trinajstić information content (AvgIpc) is 2.77. The van der Waals surface area contributed by atoms with Gasteiger partial charge in [0.05, 0.1) is 6.10 Å². The smallest absolute Gasteiger partial charge is 0.129 e. The fraction of sp³-hybridized carbons (Fsp3) is 0.429. The number of ether oxygens (including phenoxy) is 1. The highest BCUT2D eigenvalue weighted by Gasteiger charge is 2.09. The second-order valence-corrected chi connectivity index (χ2v) is 4.13. The zero-order valence-electron chi connectivity index (χ0n) is 9.99. The summed E-state index contributed by atoms with van der Waals surface area (Å²) in [6, 6.07) is 8.23. The van der Waals surface area contributed by atoms with E-state index in [1.54, 1.807) is 0 Å². The largest absolute Gasteiger partial charge is 0.490 e. The summed E-state index contributed by atoms with van der Waals surface area (Å²) in [6.45, 7) is 4.38. The van der Waals surface area contributed by atoms with E-state index >= 15 is 0 Å². The van der Waals surface area contributed by atoms with E-state index in [4.69, 9.17) is 4.74 Å². The molecule has 0 aliphatic heterocycles. The summed E-state index contributed by atoms with van der Waals surface area (Å²) in [5.41, 5.74) is 1.14. The van der Waals surface area contributed by atoms with Crippen LogP contribution in [0, 0.1) is 0 Å². The molecule has 0 spiro atoms. The fourth-order valence-electron chi connectivity index (χ4n) is 2.01. The van der Waals surface area contributed by atoms with Gasteiger partial charge in [-0.25, -0.2) is 0 Å². The van der Waals surface area contributed by atoms with Crippen LogP contribution < -0.4 is 4.74 Å². The Kier molecular flexibility index (Phi) is 3.50. The van der Waals surface area contributed by atoms with Gasteiger partial charge >= 0.3 is 0 Å². The van der Waals surface area contributed by atoms with Crippen LogP contribution in [0.25, 0.3) is 10.9 Å². The van der Waals surface area contributed by atoms with Crippen LogP contribution in [-0.2, 0) is 0 Å². The molecule has 1 N–H and O–H groups in total. The maximum Gasteiger partial charge on any atom is 0.129 e. The lowest BCUT2D eigenvalue weighted by Crippen LogP contribution is -2.14. The lowest BCUT2D eigenvalue weighted by atomic mass is 10.1. The van der Waals surface area contributed by atoms with Gasteiger partial charge in [-0.15, -0.1) is 0 Å². The van der Waals surface area contributed by atoms with Crippen molar-refractivity contribution in [2.75, 3.05) is 0 Å². The molecule has 0 fully saturated rings. The Morgan fingerprint density at radius 3 is 2.94 bits per heavy atom. The number of rotatable bonds is 5. The van der Waals surface area contributed by atoms with Gasteiger partial charge in [0.25, 0.3) is 0 Å². The minimum absolute atomic E-state index is 0. The van der Waals surface area contributed by atoms with Crippen molar-refractivity contribution < 1.29 is 6.16 Å². The molecule has 2 nitrogen and oxygen atoms in total. The number of fused-ring (bicyclic) bond motifs is 1. The van der Waals surface area contributed by atoms with Gasteiger partial charge in [0.1, 0.15) is 5.75 Å². The molecule has 0 bridgehead atoms. The van der Waals surface area contributed by atoms with Crippen molar-refractivity contribution in [1.29, 1.82) is 0 Å². The van der Waals surface area contributed by atoms with E-state index in [2.05, 4.69) is 37.0 Å². The van der Waals surface area contributed by atoms with E-state index < -0.39 is 0 Å². The van der Waals surface area contributed by atoms with Gasteiger partial charge in [-0.1, -0.05) is 26.3 Å². The first-order valence-electron chi connectivity index (χ1n) is 6.08. The Bertz CT molecular complexity index is 452. The lowest BCUT2D eigenvalue weighted by Gasteiger charge is -2.17. The third-order valence-electron chi connectivity index (χ3n) is 2.91. The van der Waals surface area contributed by atoms with Crippen molar-refractivity contribution in [2.24, 2.45) is 0 Å². The SMILES string of the molecule is CCCC(CC)Oc1cccc2[nH]ccc12.[HH]. The molecule has 88 valence electrons. The Morgan fingerprint density at radius 1 is 1.31 bits per heavy atom. The standard InChI is InChI=1S/C14H19NO.H2/c1-3-6-11(4-2)16-14-8-5-7-13-12(14)9-10-15-13;/h5,7-11,15H,3-4,6H2,1-2H3;1H. The van der Waals surface area contributed by atoms with Gasteiger partial charge in [-0.2, -0.15) is 0 Å². The number of hydrogen-bond donors (Lipinski definition) is 1. The normalized spacial score (nSPS) is 12.9. The Morgan fingerprint density at radius 2 is 2.19 bits per heavy atom. The molecule has 1 aromatic carbocycles. The summed E-state index contributed by atoms with van der Waals surface area (Å²) >= 11 is 0. The average molecular weight is 219 g/mol. The molecule has 1 heterocycles. The molecule has 0 amide bonds. The van der Waals surface area contributed by atoms with Crippen LogP contribution in [0.2, 0.25) is 0 Å². The number of H-pyrrole nitrogens is 1. The summed E-state index contributed by atoms with van der Waals surface area (Å²) in [4.78, 5) is 3.20. The number of aromatic amines is 1. The summed E-state index contributed by atoms with van der Waals surface area (Å²) < 4.78 is 6.06. The quantitative estimate of drug-likeness (QED) is 0.793. The zero-order valence-corrected chi connectivity index (χ0v) is 9.99. The molecular formula is C14H21NO. The van der Waals surface area contributed by atoms with Crippen LogP contribution in [0.3, 0.4) is 0 Å².